The van der Waals surface area contributed by atoms with E-state index in [9.17, 15) is 5.11 Å². The molecule has 1 unspecified atom stereocenters. The predicted octanol–water partition coefficient (Wildman–Crippen LogP) is 4.01. The van der Waals surface area contributed by atoms with Crippen LogP contribution in [0.3, 0.4) is 0 Å². The summed E-state index contributed by atoms with van der Waals surface area (Å²) in [5.41, 5.74) is 2.12. The van der Waals surface area contributed by atoms with Crippen molar-refractivity contribution in [3.8, 4) is 5.75 Å². The van der Waals surface area contributed by atoms with Crippen LogP contribution in [0.25, 0.3) is 0 Å². The van der Waals surface area contributed by atoms with Crippen LogP contribution in [0.2, 0.25) is 0 Å². The lowest BCUT2D eigenvalue weighted by atomic mass is 9.70. The van der Waals surface area contributed by atoms with Crippen molar-refractivity contribution in [2.45, 2.75) is 52.1 Å². The maximum absolute atomic E-state index is 10.8. The molecule has 0 aromatic heterocycles. The Hall–Kier alpha value is -1.02. The molecule has 2 rings (SSSR count). The van der Waals surface area contributed by atoms with Gasteiger partial charge in [0.1, 0.15) is 5.75 Å². The molecule has 0 spiro atoms. The Labute approximate surface area is 110 Å². The summed E-state index contributed by atoms with van der Waals surface area (Å²) >= 11 is 0. The maximum Gasteiger partial charge on any atom is 0.124 e. The molecule has 0 bridgehead atoms. The first-order valence-corrected chi connectivity index (χ1v) is 6.89. The van der Waals surface area contributed by atoms with E-state index in [2.05, 4.69) is 19.9 Å². The van der Waals surface area contributed by atoms with Crippen LogP contribution in [0, 0.1) is 12.3 Å². The summed E-state index contributed by atoms with van der Waals surface area (Å²) in [6, 6.07) is 6.04. The number of rotatable bonds is 3. The number of aryl methyl sites for hydroxylation is 1. The predicted molar refractivity (Wildman–Crippen MR) is 73.9 cm³/mol. The number of methoxy groups -OCH3 is 1. The largest absolute Gasteiger partial charge is 0.496 e. The Kier molecular flexibility index (Phi) is 3.96. The Balaban J connectivity index is 2.32. The number of hydrogen-bond donors (Lipinski definition) is 1. The minimum absolute atomic E-state index is 0.000671. The number of benzene rings is 1. The third-order valence-corrected chi connectivity index (χ3v) is 4.34. The Morgan fingerprint density at radius 3 is 2.50 bits per heavy atom. The van der Waals surface area contributed by atoms with Gasteiger partial charge >= 0.3 is 0 Å². The zero-order chi connectivity index (χ0) is 13.2. The van der Waals surface area contributed by atoms with Crippen molar-refractivity contribution in [1.29, 1.82) is 0 Å². The molecule has 0 aliphatic heterocycles. The lowest BCUT2D eigenvalue weighted by Crippen LogP contribution is -2.28. The number of hydrogen-bond acceptors (Lipinski definition) is 2. The van der Waals surface area contributed by atoms with Crippen molar-refractivity contribution in [1.82, 2.24) is 0 Å². The van der Waals surface area contributed by atoms with Gasteiger partial charge in [-0.05, 0) is 37.3 Å². The highest BCUT2D eigenvalue weighted by Gasteiger charge is 2.36. The minimum Gasteiger partial charge on any atom is -0.496 e. The molecule has 0 amide bonds. The van der Waals surface area contributed by atoms with Crippen LogP contribution < -0.4 is 4.74 Å². The van der Waals surface area contributed by atoms with Crippen molar-refractivity contribution >= 4 is 0 Å². The van der Waals surface area contributed by atoms with Gasteiger partial charge in [-0.3, -0.25) is 0 Å². The van der Waals surface area contributed by atoms with E-state index in [-0.39, 0.29) is 5.41 Å². The van der Waals surface area contributed by atoms with Gasteiger partial charge in [-0.1, -0.05) is 37.8 Å². The number of aliphatic hydroxyl groups is 1. The molecule has 1 N–H and O–H groups in total. The second-order valence-corrected chi connectivity index (χ2v) is 5.86. The van der Waals surface area contributed by atoms with E-state index < -0.39 is 6.10 Å². The van der Waals surface area contributed by atoms with E-state index in [1.807, 2.05) is 12.1 Å². The summed E-state index contributed by atoms with van der Waals surface area (Å²) in [4.78, 5) is 0. The molecule has 1 aromatic rings. The smallest absolute Gasteiger partial charge is 0.124 e. The molecule has 1 atom stereocenters. The van der Waals surface area contributed by atoms with Crippen molar-refractivity contribution < 1.29 is 9.84 Å². The summed E-state index contributed by atoms with van der Waals surface area (Å²) in [7, 11) is 1.67. The van der Waals surface area contributed by atoms with Gasteiger partial charge < -0.3 is 9.84 Å². The lowest BCUT2D eigenvalue weighted by molar-refractivity contribution is 0.00667. The third kappa shape index (κ3) is 2.54. The molecular weight excluding hydrogens is 224 g/mol. The summed E-state index contributed by atoms with van der Waals surface area (Å²) in [6.07, 6.45) is 5.53. The van der Waals surface area contributed by atoms with E-state index >= 15 is 0 Å². The Bertz CT molecular complexity index is 406. The average Bonchev–Trinajstić information content (AvgIpc) is 2.38. The first-order valence-electron chi connectivity index (χ1n) is 6.89. The molecule has 100 valence electrons. The molecule has 1 fully saturated rings. The van der Waals surface area contributed by atoms with Gasteiger partial charge in [-0.2, -0.15) is 0 Å². The van der Waals surface area contributed by atoms with E-state index in [4.69, 9.17) is 4.74 Å². The zero-order valence-corrected chi connectivity index (χ0v) is 11.7. The van der Waals surface area contributed by atoms with Crippen molar-refractivity contribution in [3.05, 3.63) is 29.3 Å². The van der Waals surface area contributed by atoms with Crippen molar-refractivity contribution in [2.24, 2.45) is 5.41 Å². The second kappa shape index (κ2) is 5.31. The van der Waals surface area contributed by atoms with Crippen LogP contribution >= 0.6 is 0 Å². The van der Waals surface area contributed by atoms with Gasteiger partial charge in [0.2, 0.25) is 0 Å². The molecule has 0 saturated heterocycles. The van der Waals surface area contributed by atoms with Crippen LogP contribution in [-0.4, -0.2) is 12.2 Å². The van der Waals surface area contributed by atoms with E-state index in [0.717, 1.165) is 24.2 Å². The Morgan fingerprint density at radius 1 is 1.22 bits per heavy atom. The molecule has 0 heterocycles. The minimum atomic E-state index is -0.423. The van der Waals surface area contributed by atoms with E-state index in [0.29, 0.717) is 0 Å². The van der Waals surface area contributed by atoms with Gasteiger partial charge in [0, 0.05) is 5.56 Å². The first kappa shape index (κ1) is 13.4. The van der Waals surface area contributed by atoms with Crippen LogP contribution in [0.5, 0.6) is 5.75 Å². The topological polar surface area (TPSA) is 29.5 Å². The van der Waals surface area contributed by atoms with Crippen molar-refractivity contribution in [2.75, 3.05) is 7.11 Å². The molecule has 18 heavy (non-hydrogen) atoms. The van der Waals surface area contributed by atoms with Gasteiger partial charge in [0.25, 0.3) is 0 Å². The number of aliphatic hydroxyl groups excluding tert-OH is 1. The summed E-state index contributed by atoms with van der Waals surface area (Å²) in [5.74, 6) is 0.805. The van der Waals surface area contributed by atoms with E-state index in [1.54, 1.807) is 7.11 Å². The number of ether oxygens (including phenoxy) is 1. The monoisotopic (exact) mass is 248 g/mol. The van der Waals surface area contributed by atoms with Crippen LogP contribution in [-0.2, 0) is 0 Å². The van der Waals surface area contributed by atoms with Crippen LogP contribution in [0.4, 0.5) is 0 Å². The second-order valence-electron chi connectivity index (χ2n) is 5.86. The first-order chi connectivity index (χ1) is 8.57. The highest BCUT2D eigenvalue weighted by atomic mass is 16.5. The molecule has 2 nitrogen and oxygen atoms in total. The molecule has 1 aliphatic rings. The molecule has 2 heteroatoms. The van der Waals surface area contributed by atoms with Crippen LogP contribution in [0.1, 0.15) is 56.3 Å². The summed E-state index contributed by atoms with van der Waals surface area (Å²) in [6.45, 7) is 4.26. The van der Waals surface area contributed by atoms with Gasteiger partial charge in [0.15, 0.2) is 0 Å². The summed E-state index contributed by atoms with van der Waals surface area (Å²) < 4.78 is 5.40. The highest BCUT2D eigenvalue weighted by molar-refractivity contribution is 5.39. The lowest BCUT2D eigenvalue weighted by Gasteiger charge is -2.38. The Morgan fingerprint density at radius 2 is 1.89 bits per heavy atom. The molecule has 1 saturated carbocycles. The third-order valence-electron chi connectivity index (χ3n) is 4.34. The van der Waals surface area contributed by atoms with Crippen molar-refractivity contribution in [3.63, 3.8) is 0 Å². The van der Waals surface area contributed by atoms with Gasteiger partial charge in [0.05, 0.1) is 13.2 Å². The maximum atomic E-state index is 10.8. The quantitative estimate of drug-likeness (QED) is 0.875. The SMILES string of the molecule is COc1ccc(C)cc1C(O)C1(C)CCCCC1. The molecule has 1 aliphatic carbocycles. The fourth-order valence-electron chi connectivity index (χ4n) is 3.08. The van der Waals surface area contributed by atoms with Crippen LogP contribution in [0.15, 0.2) is 18.2 Å². The highest BCUT2D eigenvalue weighted by Crippen LogP contribution is 2.47. The van der Waals surface area contributed by atoms with Gasteiger partial charge in [-0.25, -0.2) is 0 Å². The fraction of sp³-hybridized carbons (Fsp3) is 0.625. The van der Waals surface area contributed by atoms with E-state index in [1.165, 1.54) is 24.8 Å². The molecular formula is C16H24O2. The molecule has 1 aromatic carbocycles. The summed E-state index contributed by atoms with van der Waals surface area (Å²) in [5, 5.41) is 10.8. The average molecular weight is 248 g/mol. The standard InChI is InChI=1S/C16H24O2/c1-12-7-8-14(18-3)13(11-12)15(17)16(2)9-5-4-6-10-16/h7-8,11,15,17H,4-6,9-10H2,1-3H3. The zero-order valence-electron chi connectivity index (χ0n) is 11.7. The normalized spacial score (nSPS) is 20.4. The molecule has 0 radical (unpaired) electrons. The van der Waals surface area contributed by atoms with Gasteiger partial charge in [-0.15, -0.1) is 0 Å². The fourth-order valence-corrected chi connectivity index (χ4v) is 3.08.